The third kappa shape index (κ3) is 6.13. The van der Waals surface area contributed by atoms with Crippen LogP contribution in [0.25, 0.3) is 0 Å². The van der Waals surface area contributed by atoms with Gasteiger partial charge in [-0.05, 0) is 20.8 Å². The molecule has 1 aromatic rings. The lowest BCUT2D eigenvalue weighted by Gasteiger charge is -2.27. The Labute approximate surface area is 143 Å². The number of carbonyl (C=O) groups is 2. The number of carboxylic acids is 1. The van der Waals surface area contributed by atoms with Gasteiger partial charge in [-0.2, -0.15) is 0 Å². The molecule has 0 amide bonds. The smallest absolute Gasteiger partial charge is 0.360 e. The summed E-state index contributed by atoms with van der Waals surface area (Å²) in [6.07, 6.45) is -0.0712. The van der Waals surface area contributed by atoms with Crippen molar-refractivity contribution in [1.82, 2.24) is 4.98 Å². The summed E-state index contributed by atoms with van der Waals surface area (Å²) in [6.45, 7) is 6.86. The number of hydrogen-bond acceptors (Lipinski definition) is 9. The molecule has 0 aliphatic heterocycles. The molecule has 1 atom stereocenters. The van der Waals surface area contributed by atoms with E-state index in [0.717, 1.165) is 11.3 Å². The number of nitrogens with two attached hydrogens (primary N) is 2. The number of carboxylic acid groups (broad SMARTS) is 1. The zero-order valence-corrected chi connectivity index (χ0v) is 14.8. The predicted octanol–water partition coefficient (Wildman–Crippen LogP) is 1.33. The van der Waals surface area contributed by atoms with Gasteiger partial charge in [0.25, 0.3) is 0 Å². The van der Waals surface area contributed by atoms with Crippen LogP contribution >= 0.6 is 11.3 Å². The lowest BCUT2D eigenvalue weighted by molar-refractivity contribution is -0.163. The van der Waals surface area contributed by atoms with Crippen molar-refractivity contribution in [2.24, 2.45) is 10.9 Å². The van der Waals surface area contributed by atoms with Gasteiger partial charge in [0.05, 0.1) is 0 Å². The summed E-state index contributed by atoms with van der Waals surface area (Å²) in [4.78, 5) is 32.2. The topological polar surface area (TPSA) is 150 Å². The largest absolute Gasteiger partial charge is 0.476 e. The first-order valence-corrected chi connectivity index (χ1v) is 8.05. The SMILES string of the molecule is CCC(N)(CC(=O)OC(C)(C)C)ON=C(C(=O)O)c1csc(N)n1. The van der Waals surface area contributed by atoms with Gasteiger partial charge in [-0.15, -0.1) is 11.3 Å². The summed E-state index contributed by atoms with van der Waals surface area (Å²) in [5.41, 5.74) is 8.91. The second-order valence-electron chi connectivity index (χ2n) is 6.09. The predicted molar refractivity (Wildman–Crippen MR) is 89.5 cm³/mol. The third-order valence-corrected chi connectivity index (χ3v) is 3.42. The summed E-state index contributed by atoms with van der Waals surface area (Å²) in [6, 6.07) is 0. The molecule has 1 unspecified atom stereocenters. The van der Waals surface area contributed by atoms with Crippen molar-refractivity contribution in [3.8, 4) is 0 Å². The molecule has 134 valence electrons. The van der Waals surface area contributed by atoms with E-state index in [0.29, 0.717) is 0 Å². The van der Waals surface area contributed by atoms with Gasteiger partial charge in [-0.1, -0.05) is 12.1 Å². The van der Waals surface area contributed by atoms with Crippen molar-refractivity contribution < 1.29 is 24.3 Å². The number of ether oxygens (including phenoxy) is 1. The number of nitrogen functional groups attached to an aromatic ring is 1. The number of carbonyl (C=O) groups excluding carboxylic acids is 1. The third-order valence-electron chi connectivity index (χ3n) is 2.75. The van der Waals surface area contributed by atoms with Crippen molar-refractivity contribution in [1.29, 1.82) is 0 Å². The molecule has 0 spiro atoms. The molecule has 0 radical (unpaired) electrons. The van der Waals surface area contributed by atoms with E-state index in [-0.39, 0.29) is 23.7 Å². The summed E-state index contributed by atoms with van der Waals surface area (Å²) in [5, 5.41) is 14.4. The minimum atomic E-state index is -1.50. The van der Waals surface area contributed by atoms with E-state index in [1.807, 2.05) is 0 Å². The molecule has 0 aliphatic carbocycles. The molecule has 24 heavy (non-hydrogen) atoms. The van der Waals surface area contributed by atoms with Crippen LogP contribution in [0.3, 0.4) is 0 Å². The number of nitrogens with zero attached hydrogens (tertiary/aromatic N) is 2. The highest BCUT2D eigenvalue weighted by molar-refractivity contribution is 7.13. The van der Waals surface area contributed by atoms with E-state index in [4.69, 9.17) is 21.0 Å². The Morgan fingerprint density at radius 1 is 1.42 bits per heavy atom. The van der Waals surface area contributed by atoms with Gasteiger partial charge in [0.1, 0.15) is 17.7 Å². The average molecular weight is 358 g/mol. The highest BCUT2D eigenvalue weighted by Crippen LogP contribution is 2.19. The molecular weight excluding hydrogens is 336 g/mol. The van der Waals surface area contributed by atoms with Gasteiger partial charge in [0.2, 0.25) is 5.71 Å². The number of rotatable bonds is 7. The molecule has 0 saturated carbocycles. The van der Waals surface area contributed by atoms with Crippen LogP contribution in [0.1, 0.15) is 46.2 Å². The molecule has 1 heterocycles. The fourth-order valence-electron chi connectivity index (χ4n) is 1.57. The van der Waals surface area contributed by atoms with Gasteiger partial charge in [-0.3, -0.25) is 10.5 Å². The molecule has 9 nitrogen and oxygen atoms in total. The van der Waals surface area contributed by atoms with Crippen LogP contribution < -0.4 is 11.5 Å². The highest BCUT2D eigenvalue weighted by atomic mass is 32.1. The quantitative estimate of drug-likeness (QED) is 0.286. The summed E-state index contributed by atoms with van der Waals surface area (Å²) < 4.78 is 5.19. The molecule has 0 aliphatic rings. The Morgan fingerprint density at radius 3 is 2.46 bits per heavy atom. The lowest BCUT2D eigenvalue weighted by Crippen LogP contribution is -2.44. The minimum absolute atomic E-state index is 0.0562. The number of thiazole rings is 1. The van der Waals surface area contributed by atoms with Crippen LogP contribution in [0.5, 0.6) is 0 Å². The first-order chi connectivity index (χ1) is 11.0. The van der Waals surface area contributed by atoms with Crippen molar-refractivity contribution in [2.75, 3.05) is 5.73 Å². The van der Waals surface area contributed by atoms with E-state index in [2.05, 4.69) is 10.1 Å². The first kappa shape index (κ1) is 19.8. The van der Waals surface area contributed by atoms with Crippen LogP contribution in [0.2, 0.25) is 0 Å². The molecule has 1 rings (SSSR count). The highest BCUT2D eigenvalue weighted by Gasteiger charge is 2.32. The van der Waals surface area contributed by atoms with Crippen molar-refractivity contribution in [3.63, 3.8) is 0 Å². The lowest BCUT2D eigenvalue weighted by atomic mass is 10.1. The maximum absolute atomic E-state index is 11.9. The summed E-state index contributed by atoms with van der Waals surface area (Å²) in [5.74, 6) is -1.92. The summed E-state index contributed by atoms with van der Waals surface area (Å²) >= 11 is 1.07. The molecule has 0 aromatic carbocycles. The zero-order valence-electron chi connectivity index (χ0n) is 14.0. The van der Waals surface area contributed by atoms with Gasteiger partial charge in [-0.25, -0.2) is 9.78 Å². The minimum Gasteiger partial charge on any atom is -0.476 e. The van der Waals surface area contributed by atoms with Crippen molar-refractivity contribution in [3.05, 3.63) is 11.1 Å². The Balaban J connectivity index is 2.91. The van der Waals surface area contributed by atoms with E-state index in [1.165, 1.54) is 5.38 Å². The normalized spacial score (nSPS) is 14.8. The molecule has 1 aromatic heterocycles. The number of aromatic nitrogens is 1. The Morgan fingerprint density at radius 2 is 2.04 bits per heavy atom. The van der Waals surface area contributed by atoms with Crippen LogP contribution in [0.4, 0.5) is 5.13 Å². The molecule has 0 fully saturated rings. The zero-order chi connectivity index (χ0) is 18.5. The van der Waals surface area contributed by atoms with Gasteiger partial charge >= 0.3 is 11.9 Å². The van der Waals surface area contributed by atoms with Crippen LogP contribution in [-0.4, -0.2) is 39.1 Å². The molecule has 10 heteroatoms. The Bertz CT molecular complexity index is 637. The number of anilines is 1. The number of hydrogen-bond donors (Lipinski definition) is 3. The maximum Gasteiger partial charge on any atom is 0.360 e. The molecular formula is C14H22N4O5S. The van der Waals surface area contributed by atoms with E-state index >= 15 is 0 Å². The van der Waals surface area contributed by atoms with Crippen LogP contribution in [-0.2, 0) is 19.2 Å². The monoisotopic (exact) mass is 358 g/mol. The van der Waals surface area contributed by atoms with Gasteiger partial charge < -0.3 is 20.4 Å². The maximum atomic E-state index is 11.9. The van der Waals surface area contributed by atoms with E-state index in [1.54, 1.807) is 27.7 Å². The average Bonchev–Trinajstić information content (AvgIpc) is 2.82. The molecule has 0 saturated heterocycles. The standard InChI is InChI=1S/C14H22N4O5S/c1-5-14(16,6-9(19)22-13(2,3)4)23-18-10(11(20)21)8-7-24-12(15)17-8/h7H,5-6,16H2,1-4H3,(H2,15,17)(H,20,21). The Hall–Kier alpha value is -2.20. The number of esters is 1. The van der Waals surface area contributed by atoms with E-state index < -0.39 is 29.0 Å². The van der Waals surface area contributed by atoms with Gasteiger partial charge in [0.15, 0.2) is 10.9 Å². The Kier molecular flexibility index (Phi) is 6.27. The second-order valence-corrected chi connectivity index (χ2v) is 6.98. The molecule has 0 bridgehead atoms. The number of aliphatic carboxylic acids is 1. The van der Waals surface area contributed by atoms with Crippen molar-refractivity contribution >= 4 is 34.1 Å². The fraction of sp³-hybridized carbons (Fsp3) is 0.571. The van der Waals surface area contributed by atoms with Crippen LogP contribution in [0, 0.1) is 0 Å². The van der Waals surface area contributed by atoms with Crippen molar-refractivity contribution in [2.45, 2.75) is 51.9 Å². The number of oxime groups is 1. The van der Waals surface area contributed by atoms with Crippen LogP contribution in [0.15, 0.2) is 10.5 Å². The molecule has 5 N–H and O–H groups in total. The summed E-state index contributed by atoms with van der Waals surface area (Å²) in [7, 11) is 0. The van der Waals surface area contributed by atoms with Gasteiger partial charge in [0, 0.05) is 11.8 Å². The first-order valence-electron chi connectivity index (χ1n) is 7.17. The van der Waals surface area contributed by atoms with E-state index in [9.17, 15) is 14.7 Å². The second kappa shape index (κ2) is 7.58. The fourth-order valence-corrected chi connectivity index (χ4v) is 2.12.